The topological polar surface area (TPSA) is 64.6 Å². The van der Waals surface area contributed by atoms with Gasteiger partial charge in [0.05, 0.1) is 17.9 Å². The summed E-state index contributed by atoms with van der Waals surface area (Å²) in [4.78, 5) is 24.2. The molecule has 2 aromatic carbocycles. The van der Waals surface area contributed by atoms with Gasteiger partial charge in [-0.3, -0.25) is 5.32 Å². The molecule has 0 radical (unpaired) electrons. The Kier molecular flexibility index (Phi) is 6.27. The average molecular weight is 376 g/mol. The Morgan fingerprint density at radius 3 is 2.46 bits per heavy atom. The largest absolute Gasteiger partial charge is 0.450 e. The van der Waals surface area contributed by atoms with Crippen molar-refractivity contribution in [2.45, 2.75) is 33.1 Å². The fraction of sp³-hybridized carbons (Fsp3) is 0.300. The molecule has 0 fully saturated rings. The van der Waals surface area contributed by atoms with Crippen molar-refractivity contribution in [3.63, 3.8) is 0 Å². The van der Waals surface area contributed by atoms with E-state index in [9.17, 15) is 9.59 Å². The number of ether oxygens (including phenoxy) is 2. The molecule has 1 amide bonds. The third-order valence-electron chi connectivity index (χ3n) is 3.62. The minimum Gasteiger partial charge on any atom is -0.450 e. The van der Waals surface area contributed by atoms with E-state index in [1.807, 2.05) is 26.8 Å². The zero-order valence-corrected chi connectivity index (χ0v) is 16.0. The SMILES string of the molecule is CCOC(=O)Nc1cc(C(C)(C)C)ccc1OC(=O)c1cccc(Cl)c1. The van der Waals surface area contributed by atoms with Crippen LogP contribution in [0.1, 0.15) is 43.6 Å². The first kappa shape index (κ1) is 19.8. The van der Waals surface area contributed by atoms with Crippen molar-refractivity contribution < 1.29 is 19.1 Å². The van der Waals surface area contributed by atoms with Crippen LogP contribution in [0.5, 0.6) is 5.75 Å². The standard InChI is InChI=1S/C20H22ClNO4/c1-5-25-19(24)22-16-12-14(20(2,3)4)9-10-17(16)26-18(23)13-7-6-8-15(21)11-13/h6-12H,5H2,1-4H3,(H,22,24). The van der Waals surface area contributed by atoms with Gasteiger partial charge in [0.2, 0.25) is 0 Å². The number of nitrogens with one attached hydrogen (secondary N) is 1. The van der Waals surface area contributed by atoms with Crippen molar-refractivity contribution in [2.24, 2.45) is 0 Å². The van der Waals surface area contributed by atoms with Crippen molar-refractivity contribution in [3.05, 3.63) is 58.6 Å². The van der Waals surface area contributed by atoms with Crippen LogP contribution >= 0.6 is 11.6 Å². The summed E-state index contributed by atoms with van der Waals surface area (Å²) in [6, 6.07) is 11.8. The van der Waals surface area contributed by atoms with Gasteiger partial charge in [-0.25, -0.2) is 9.59 Å². The lowest BCUT2D eigenvalue weighted by molar-refractivity contribution is 0.0735. The third kappa shape index (κ3) is 5.23. The van der Waals surface area contributed by atoms with Crippen LogP contribution < -0.4 is 10.1 Å². The molecular formula is C20H22ClNO4. The van der Waals surface area contributed by atoms with Gasteiger partial charge < -0.3 is 9.47 Å². The summed E-state index contributed by atoms with van der Waals surface area (Å²) < 4.78 is 10.4. The van der Waals surface area contributed by atoms with Crippen LogP contribution in [0, 0.1) is 0 Å². The molecule has 0 unspecified atom stereocenters. The monoisotopic (exact) mass is 375 g/mol. The van der Waals surface area contributed by atoms with Gasteiger partial charge >= 0.3 is 12.1 Å². The minimum atomic E-state index is -0.612. The Morgan fingerprint density at radius 2 is 1.85 bits per heavy atom. The molecule has 0 aliphatic heterocycles. The molecule has 0 bridgehead atoms. The van der Waals surface area contributed by atoms with E-state index in [0.29, 0.717) is 16.3 Å². The second kappa shape index (κ2) is 8.23. The van der Waals surface area contributed by atoms with Crippen LogP contribution in [0.3, 0.4) is 0 Å². The number of carbonyl (C=O) groups is 2. The van der Waals surface area contributed by atoms with Crippen LogP contribution in [-0.2, 0) is 10.2 Å². The van der Waals surface area contributed by atoms with Crippen molar-refractivity contribution in [1.82, 2.24) is 0 Å². The Hall–Kier alpha value is -2.53. The highest BCUT2D eigenvalue weighted by atomic mass is 35.5. The van der Waals surface area contributed by atoms with E-state index in [4.69, 9.17) is 21.1 Å². The number of amides is 1. The lowest BCUT2D eigenvalue weighted by Crippen LogP contribution is -2.18. The predicted molar refractivity (Wildman–Crippen MR) is 102 cm³/mol. The van der Waals surface area contributed by atoms with Gasteiger partial charge in [-0.1, -0.05) is 44.5 Å². The fourth-order valence-electron chi connectivity index (χ4n) is 2.23. The number of anilines is 1. The second-order valence-electron chi connectivity index (χ2n) is 6.71. The zero-order valence-electron chi connectivity index (χ0n) is 15.3. The summed E-state index contributed by atoms with van der Waals surface area (Å²) in [5.41, 5.74) is 1.53. The fourth-order valence-corrected chi connectivity index (χ4v) is 2.42. The molecule has 0 saturated heterocycles. The highest BCUT2D eigenvalue weighted by molar-refractivity contribution is 6.30. The smallest absolute Gasteiger partial charge is 0.411 e. The van der Waals surface area contributed by atoms with Crippen molar-refractivity contribution in [2.75, 3.05) is 11.9 Å². The Bertz CT molecular complexity index is 812. The summed E-state index contributed by atoms with van der Waals surface area (Å²) in [5, 5.41) is 3.07. The van der Waals surface area contributed by atoms with Crippen LogP contribution in [-0.4, -0.2) is 18.7 Å². The number of halogens is 1. The highest BCUT2D eigenvalue weighted by Gasteiger charge is 2.19. The number of esters is 1. The lowest BCUT2D eigenvalue weighted by atomic mass is 9.87. The molecule has 0 atom stereocenters. The van der Waals surface area contributed by atoms with E-state index in [-0.39, 0.29) is 17.8 Å². The number of hydrogen-bond donors (Lipinski definition) is 1. The molecule has 0 saturated carbocycles. The van der Waals surface area contributed by atoms with E-state index < -0.39 is 12.1 Å². The summed E-state index contributed by atoms with van der Waals surface area (Å²) in [6.07, 6.45) is -0.612. The second-order valence-corrected chi connectivity index (χ2v) is 7.14. The third-order valence-corrected chi connectivity index (χ3v) is 3.86. The Balaban J connectivity index is 2.33. The first-order valence-electron chi connectivity index (χ1n) is 8.26. The molecule has 26 heavy (non-hydrogen) atoms. The van der Waals surface area contributed by atoms with E-state index in [1.54, 1.807) is 37.3 Å². The van der Waals surface area contributed by atoms with Crippen LogP contribution in [0.25, 0.3) is 0 Å². The Labute approximate surface area is 158 Å². The van der Waals surface area contributed by atoms with Gasteiger partial charge in [-0.05, 0) is 48.2 Å². The molecule has 0 aromatic heterocycles. The molecule has 0 aliphatic rings. The summed E-state index contributed by atoms with van der Waals surface area (Å²) in [6.45, 7) is 8.10. The molecular weight excluding hydrogens is 354 g/mol. The normalized spacial score (nSPS) is 11.0. The van der Waals surface area contributed by atoms with Crippen LogP contribution in [0.2, 0.25) is 5.02 Å². The Morgan fingerprint density at radius 1 is 1.12 bits per heavy atom. The molecule has 138 valence electrons. The zero-order chi connectivity index (χ0) is 19.3. The first-order chi connectivity index (χ1) is 12.2. The molecule has 0 aliphatic carbocycles. The summed E-state index contributed by atoms with van der Waals surface area (Å²) in [5.74, 6) is -0.334. The molecule has 6 heteroatoms. The van der Waals surface area contributed by atoms with Crippen molar-refractivity contribution >= 4 is 29.4 Å². The van der Waals surface area contributed by atoms with E-state index in [1.165, 1.54) is 6.07 Å². The van der Waals surface area contributed by atoms with E-state index in [0.717, 1.165) is 5.56 Å². The molecule has 1 N–H and O–H groups in total. The summed E-state index contributed by atoms with van der Waals surface area (Å²) in [7, 11) is 0. The molecule has 5 nitrogen and oxygen atoms in total. The van der Waals surface area contributed by atoms with Gasteiger partial charge in [-0.15, -0.1) is 0 Å². The quantitative estimate of drug-likeness (QED) is 0.572. The predicted octanol–water partition coefficient (Wildman–Crippen LogP) is 5.43. The molecule has 0 spiro atoms. The van der Waals surface area contributed by atoms with Gasteiger partial charge in [0.25, 0.3) is 0 Å². The van der Waals surface area contributed by atoms with Gasteiger partial charge in [0.15, 0.2) is 5.75 Å². The number of rotatable bonds is 4. The summed E-state index contributed by atoms with van der Waals surface area (Å²) >= 11 is 5.92. The van der Waals surface area contributed by atoms with E-state index >= 15 is 0 Å². The maximum Gasteiger partial charge on any atom is 0.411 e. The van der Waals surface area contributed by atoms with E-state index in [2.05, 4.69) is 5.32 Å². The van der Waals surface area contributed by atoms with Crippen LogP contribution in [0.4, 0.5) is 10.5 Å². The number of carbonyl (C=O) groups excluding carboxylic acids is 2. The van der Waals surface area contributed by atoms with Crippen molar-refractivity contribution in [3.8, 4) is 5.75 Å². The minimum absolute atomic E-state index is 0.138. The van der Waals surface area contributed by atoms with Gasteiger partial charge in [-0.2, -0.15) is 0 Å². The first-order valence-corrected chi connectivity index (χ1v) is 8.64. The highest BCUT2D eigenvalue weighted by Crippen LogP contribution is 2.32. The van der Waals surface area contributed by atoms with Crippen molar-refractivity contribution in [1.29, 1.82) is 0 Å². The molecule has 0 heterocycles. The van der Waals surface area contributed by atoms with Crippen LogP contribution in [0.15, 0.2) is 42.5 Å². The number of hydrogen-bond acceptors (Lipinski definition) is 4. The van der Waals surface area contributed by atoms with Gasteiger partial charge in [0, 0.05) is 5.02 Å². The number of benzene rings is 2. The maximum atomic E-state index is 12.4. The average Bonchev–Trinajstić information content (AvgIpc) is 2.55. The van der Waals surface area contributed by atoms with Gasteiger partial charge in [0.1, 0.15) is 0 Å². The molecule has 2 rings (SSSR count). The molecule has 2 aromatic rings. The maximum absolute atomic E-state index is 12.4. The lowest BCUT2D eigenvalue weighted by Gasteiger charge is -2.21.